The predicted molar refractivity (Wildman–Crippen MR) is 136 cm³/mol. The lowest BCUT2D eigenvalue weighted by Gasteiger charge is -2.32. The van der Waals surface area contributed by atoms with Gasteiger partial charge < -0.3 is 15.1 Å². The summed E-state index contributed by atoms with van der Waals surface area (Å²) in [7, 11) is 0. The number of nitriles is 1. The molecule has 2 saturated heterocycles. The van der Waals surface area contributed by atoms with Crippen LogP contribution < -0.4 is 5.32 Å². The minimum Gasteiger partial charge on any atom is -0.336 e. The van der Waals surface area contributed by atoms with Crippen molar-refractivity contribution < 1.29 is 44.7 Å². The fraction of sp³-hybridized carbons (Fsp3) is 0.690. The van der Waals surface area contributed by atoms with Gasteiger partial charge in [0, 0.05) is 18.0 Å². The molecule has 0 spiro atoms. The van der Waals surface area contributed by atoms with Crippen molar-refractivity contribution in [2.75, 3.05) is 26.2 Å². The molecule has 2 atom stereocenters. The van der Waals surface area contributed by atoms with E-state index in [9.17, 15) is 41.2 Å². The van der Waals surface area contributed by atoms with E-state index in [1.165, 1.54) is 6.07 Å². The predicted octanol–water partition coefficient (Wildman–Crippen LogP) is 5.73. The molecule has 1 aromatic rings. The van der Waals surface area contributed by atoms with Crippen molar-refractivity contribution in [2.24, 2.45) is 11.3 Å². The Morgan fingerprint density at radius 3 is 2.12 bits per heavy atom. The van der Waals surface area contributed by atoms with Crippen LogP contribution in [-0.4, -0.2) is 65.6 Å². The average molecular weight is 621 g/mol. The second-order valence-corrected chi connectivity index (χ2v) is 12.3. The highest BCUT2D eigenvalue weighted by Gasteiger charge is 2.71. The van der Waals surface area contributed by atoms with Crippen molar-refractivity contribution >= 4 is 11.8 Å². The maximum Gasteiger partial charge on any atom is 0.416 e. The van der Waals surface area contributed by atoms with E-state index in [1.54, 1.807) is 0 Å². The van der Waals surface area contributed by atoms with E-state index in [0.717, 1.165) is 18.7 Å². The van der Waals surface area contributed by atoms with E-state index < -0.39 is 89.9 Å². The highest BCUT2D eigenvalue weighted by molar-refractivity contribution is 5.93. The summed E-state index contributed by atoms with van der Waals surface area (Å²) < 4.78 is 116. The molecule has 2 heterocycles. The molecular weight excluding hydrogens is 588 g/mol. The van der Waals surface area contributed by atoms with Crippen LogP contribution in [0.5, 0.6) is 0 Å². The number of nitrogens with zero attached hydrogens (tertiary/aromatic N) is 3. The number of carbonyl (C=O) groups is 2. The number of nitrogens with one attached hydrogen (secondary N) is 1. The molecule has 43 heavy (non-hydrogen) atoms. The van der Waals surface area contributed by atoms with Crippen molar-refractivity contribution in [1.82, 2.24) is 15.1 Å². The fourth-order valence-corrected chi connectivity index (χ4v) is 6.44. The largest absolute Gasteiger partial charge is 0.416 e. The topological polar surface area (TPSA) is 76.4 Å². The first kappa shape index (κ1) is 31.5. The van der Waals surface area contributed by atoms with Crippen molar-refractivity contribution in [3.05, 3.63) is 34.9 Å². The molecule has 0 radical (unpaired) electrons. The number of hydrogen-bond acceptors (Lipinski definition) is 4. The molecule has 0 aromatic heterocycles. The Kier molecular flexibility index (Phi) is 7.75. The van der Waals surface area contributed by atoms with Crippen LogP contribution in [0.25, 0.3) is 0 Å². The van der Waals surface area contributed by atoms with Crippen LogP contribution in [-0.2, 0) is 21.7 Å². The lowest BCUT2D eigenvalue weighted by atomic mass is 9.84. The Hall–Kier alpha value is -2.95. The van der Waals surface area contributed by atoms with Crippen molar-refractivity contribution in [3.63, 3.8) is 0 Å². The first-order chi connectivity index (χ1) is 20.0. The molecule has 2 saturated carbocycles. The lowest BCUT2D eigenvalue weighted by molar-refractivity contribution is -0.199. The van der Waals surface area contributed by atoms with Crippen molar-refractivity contribution in [2.45, 2.75) is 87.6 Å². The van der Waals surface area contributed by atoms with Crippen molar-refractivity contribution in [1.29, 1.82) is 5.26 Å². The van der Waals surface area contributed by atoms with Gasteiger partial charge in [-0.2, -0.15) is 31.6 Å². The van der Waals surface area contributed by atoms with E-state index in [2.05, 4.69) is 10.2 Å². The van der Waals surface area contributed by atoms with Crippen LogP contribution in [0.1, 0.15) is 74.5 Å². The van der Waals surface area contributed by atoms with Gasteiger partial charge in [0.1, 0.15) is 17.0 Å². The highest BCUT2D eigenvalue weighted by atomic mass is 19.4. The van der Waals surface area contributed by atoms with Gasteiger partial charge in [0.15, 0.2) is 0 Å². The molecule has 2 aliphatic carbocycles. The Balaban J connectivity index is 1.46. The number of rotatable bonds is 7. The number of carbonyl (C=O) groups excluding carboxylic acids is 2. The van der Waals surface area contributed by atoms with Crippen LogP contribution in [0.2, 0.25) is 0 Å². The molecule has 2 amide bonds. The Morgan fingerprint density at radius 1 is 1.00 bits per heavy atom. The molecule has 14 heteroatoms. The van der Waals surface area contributed by atoms with Crippen molar-refractivity contribution in [3.8, 4) is 6.07 Å². The number of piperidine rings is 1. The zero-order valence-corrected chi connectivity index (χ0v) is 23.4. The first-order valence-electron chi connectivity index (χ1n) is 14.4. The van der Waals surface area contributed by atoms with E-state index >= 15 is 8.78 Å². The molecule has 5 rings (SSSR count). The van der Waals surface area contributed by atoms with E-state index in [0.29, 0.717) is 30.8 Å². The van der Waals surface area contributed by atoms with Gasteiger partial charge in [-0.1, -0.05) is 19.1 Å². The summed E-state index contributed by atoms with van der Waals surface area (Å²) in [5.74, 6) is -9.21. The average Bonchev–Trinajstić information content (AvgIpc) is 3.88. The fourth-order valence-electron chi connectivity index (χ4n) is 6.44. The second kappa shape index (κ2) is 10.6. The van der Waals surface area contributed by atoms with E-state index in [1.807, 2.05) is 13.0 Å². The quantitative estimate of drug-likeness (QED) is 0.396. The molecule has 1 aromatic carbocycles. The van der Waals surface area contributed by atoms with Crippen LogP contribution >= 0.6 is 0 Å². The Bertz CT molecular complexity index is 1300. The third-order valence-corrected chi connectivity index (χ3v) is 9.62. The third kappa shape index (κ3) is 5.69. The minimum absolute atomic E-state index is 0.237. The zero-order valence-electron chi connectivity index (χ0n) is 23.4. The number of hydrogen-bond donors (Lipinski definition) is 1. The van der Waals surface area contributed by atoms with Gasteiger partial charge in [0.25, 0.3) is 5.92 Å². The summed E-state index contributed by atoms with van der Waals surface area (Å²) in [6, 6.07) is 2.74. The molecule has 4 aliphatic rings. The maximum absolute atomic E-state index is 16.1. The summed E-state index contributed by atoms with van der Waals surface area (Å²) in [6.07, 6.45) is -10.6. The zero-order chi connectivity index (χ0) is 31.6. The van der Waals surface area contributed by atoms with Crippen LogP contribution in [0.3, 0.4) is 0 Å². The smallest absolute Gasteiger partial charge is 0.336 e. The summed E-state index contributed by atoms with van der Waals surface area (Å²) in [5.41, 5.74) is -6.75. The van der Waals surface area contributed by atoms with Gasteiger partial charge in [0.2, 0.25) is 11.8 Å². The molecular formula is C29H32F8N4O2. The summed E-state index contributed by atoms with van der Waals surface area (Å²) >= 11 is 0. The molecule has 0 bridgehead atoms. The monoisotopic (exact) mass is 620 g/mol. The molecule has 1 unspecified atom stereocenters. The number of amides is 2. The summed E-state index contributed by atoms with van der Waals surface area (Å²) in [4.78, 5) is 28.9. The second-order valence-electron chi connectivity index (χ2n) is 12.3. The number of likely N-dealkylation sites (tertiary alicyclic amines) is 2. The third-order valence-electron chi connectivity index (χ3n) is 9.62. The van der Waals surface area contributed by atoms with Gasteiger partial charge in [-0.15, -0.1) is 0 Å². The molecule has 2 aliphatic heterocycles. The van der Waals surface area contributed by atoms with Gasteiger partial charge in [-0.25, -0.2) is 8.78 Å². The minimum atomic E-state index is -5.16. The summed E-state index contributed by atoms with van der Waals surface area (Å²) in [6.45, 7) is 3.01. The molecule has 4 fully saturated rings. The Morgan fingerprint density at radius 2 is 1.63 bits per heavy atom. The standard InChI is InChI=1S/C29H32F8N4O2/c1-2-40-11-5-17(6-12-40)18-3-4-20(21(13-18)28(32,33)34)27(30,31)19-14-22(23(42)39-25(16-38)7-8-25)41(15-19)24(43)26(9-10-26)29(35,36)37/h3-4,13,17,19,22H,2,5-12,14-15H2,1H3,(H,39,42)/t19?,22-/m0/s1. The van der Waals surface area contributed by atoms with E-state index in [-0.39, 0.29) is 24.3 Å². The van der Waals surface area contributed by atoms with E-state index in [4.69, 9.17) is 0 Å². The Labute approximate surface area is 243 Å². The van der Waals surface area contributed by atoms with Crippen LogP contribution in [0.15, 0.2) is 18.2 Å². The summed E-state index contributed by atoms with van der Waals surface area (Å²) in [5, 5.41) is 11.7. The van der Waals surface area contributed by atoms with Crippen LogP contribution in [0.4, 0.5) is 35.1 Å². The highest BCUT2D eigenvalue weighted by Crippen LogP contribution is 2.60. The lowest BCUT2D eigenvalue weighted by Crippen LogP contribution is -2.53. The van der Waals surface area contributed by atoms with Gasteiger partial charge in [-0.3, -0.25) is 9.59 Å². The first-order valence-corrected chi connectivity index (χ1v) is 14.4. The molecule has 236 valence electrons. The molecule has 1 N–H and O–H groups in total. The number of benzene rings is 1. The van der Waals surface area contributed by atoms with Gasteiger partial charge >= 0.3 is 12.4 Å². The van der Waals surface area contributed by atoms with Gasteiger partial charge in [-0.05, 0) is 82.1 Å². The van der Waals surface area contributed by atoms with Gasteiger partial charge in [0.05, 0.1) is 11.6 Å². The van der Waals surface area contributed by atoms with Crippen LogP contribution in [0, 0.1) is 22.7 Å². The maximum atomic E-state index is 16.1. The number of halogens is 8. The normalized spacial score (nSPS) is 25.7. The SMILES string of the molecule is CCN1CCC(c2ccc(C(F)(F)C3C[C@@H](C(=O)NC4(C#N)CC4)N(C(=O)C4(C(F)(F)F)CC4)C3)c(C(F)(F)F)c2)CC1. The molecule has 6 nitrogen and oxygen atoms in total. The number of alkyl halides is 8.